The fourth-order valence-corrected chi connectivity index (χ4v) is 2.92. The minimum Gasteiger partial charge on any atom is -0.465 e. The van der Waals surface area contributed by atoms with Gasteiger partial charge in [0, 0.05) is 27.5 Å². The van der Waals surface area contributed by atoms with E-state index in [0.29, 0.717) is 20.9 Å². The Balaban J connectivity index is 2.44. The number of hydrogen-bond donors (Lipinski definition) is 0. The maximum Gasteiger partial charge on any atom is 0.339 e. The zero-order chi connectivity index (χ0) is 17.5. The van der Waals surface area contributed by atoms with Crippen molar-refractivity contribution in [3.63, 3.8) is 0 Å². The molecule has 0 N–H and O–H groups in total. The number of methoxy groups -OCH3 is 1. The maximum atomic E-state index is 11.9. The monoisotopic (exact) mass is 346 g/mol. The molecule has 0 amide bonds. The number of hydrogen-bond acceptors (Lipinski definition) is 7. The summed E-state index contributed by atoms with van der Waals surface area (Å²) >= 11 is 1.29. The minimum absolute atomic E-state index is 0.0573. The van der Waals surface area contributed by atoms with Gasteiger partial charge in [-0.25, -0.2) is 4.79 Å². The van der Waals surface area contributed by atoms with Crippen molar-refractivity contribution >= 4 is 29.6 Å². The Morgan fingerprint density at radius 2 is 1.96 bits per heavy atom. The second-order valence-corrected chi connectivity index (χ2v) is 5.57. The van der Waals surface area contributed by atoms with Crippen LogP contribution in [0.5, 0.6) is 0 Å². The molecule has 7 nitrogen and oxygen atoms in total. The van der Waals surface area contributed by atoms with Gasteiger partial charge in [0.25, 0.3) is 5.69 Å². The highest BCUT2D eigenvalue weighted by molar-refractivity contribution is 7.99. The summed E-state index contributed by atoms with van der Waals surface area (Å²) in [6, 6.07) is 11.4. The molecule has 0 unspecified atom stereocenters. The first-order chi connectivity index (χ1) is 11.6. The Kier molecular flexibility index (Phi) is 5.91. The molecule has 2 aromatic carbocycles. The average Bonchev–Trinajstić information content (AvgIpc) is 2.60. The van der Waals surface area contributed by atoms with E-state index in [9.17, 15) is 14.9 Å². The zero-order valence-electron chi connectivity index (χ0n) is 13.0. The van der Waals surface area contributed by atoms with Crippen molar-refractivity contribution in [3.8, 4) is 0 Å². The fourth-order valence-electron chi connectivity index (χ4n) is 1.91. The third-order valence-electron chi connectivity index (χ3n) is 3.01. The van der Waals surface area contributed by atoms with Crippen molar-refractivity contribution in [1.29, 1.82) is 0 Å². The summed E-state index contributed by atoms with van der Waals surface area (Å²) in [6.07, 6.45) is 1.39. The van der Waals surface area contributed by atoms with Crippen LogP contribution in [0.2, 0.25) is 0 Å². The predicted molar refractivity (Wildman–Crippen MR) is 89.6 cm³/mol. The van der Waals surface area contributed by atoms with Crippen molar-refractivity contribution in [2.75, 3.05) is 14.2 Å². The number of carbonyl (C=O) groups excluding carboxylic acids is 1. The van der Waals surface area contributed by atoms with Gasteiger partial charge in [0.05, 0.1) is 23.8 Å². The molecule has 2 rings (SSSR count). The van der Waals surface area contributed by atoms with Crippen LogP contribution >= 0.6 is 11.8 Å². The van der Waals surface area contributed by atoms with Gasteiger partial charge in [-0.3, -0.25) is 10.1 Å². The first kappa shape index (κ1) is 17.5. The molecule has 2 aromatic rings. The summed E-state index contributed by atoms with van der Waals surface area (Å²) < 4.78 is 4.77. The SMILES string of the molecule is CO/N=C\c1cc([N+](=O)[O-])ccc1Sc1ccccc1C(=O)OC. The molecule has 124 valence electrons. The second kappa shape index (κ2) is 8.11. The molecule has 0 aliphatic rings. The van der Waals surface area contributed by atoms with Gasteiger partial charge in [0.15, 0.2) is 0 Å². The number of esters is 1. The predicted octanol–water partition coefficient (Wildman–Crippen LogP) is 3.51. The first-order valence-corrected chi connectivity index (χ1v) is 7.58. The van der Waals surface area contributed by atoms with E-state index in [0.717, 1.165) is 0 Å². The molecular formula is C16H14N2O5S. The first-order valence-electron chi connectivity index (χ1n) is 6.77. The lowest BCUT2D eigenvalue weighted by Gasteiger charge is -2.09. The maximum absolute atomic E-state index is 11.9. The molecule has 0 aromatic heterocycles. The number of nitro groups is 1. The van der Waals surface area contributed by atoms with Crippen LogP contribution in [-0.2, 0) is 9.57 Å². The van der Waals surface area contributed by atoms with Crippen LogP contribution in [0, 0.1) is 10.1 Å². The molecule has 0 saturated heterocycles. The fraction of sp³-hybridized carbons (Fsp3) is 0.125. The summed E-state index contributed by atoms with van der Waals surface area (Å²) in [5.41, 5.74) is 0.867. The van der Waals surface area contributed by atoms with Crippen molar-refractivity contribution in [2.45, 2.75) is 9.79 Å². The Hall–Kier alpha value is -2.87. The van der Waals surface area contributed by atoms with E-state index in [1.165, 1.54) is 44.3 Å². The van der Waals surface area contributed by atoms with Crippen LogP contribution in [-0.4, -0.2) is 31.3 Å². The highest BCUT2D eigenvalue weighted by atomic mass is 32.2. The number of oxime groups is 1. The van der Waals surface area contributed by atoms with Crippen molar-refractivity contribution in [2.24, 2.45) is 5.16 Å². The zero-order valence-corrected chi connectivity index (χ0v) is 13.8. The number of rotatable bonds is 6. The molecule has 0 aliphatic heterocycles. The Morgan fingerprint density at radius 3 is 2.62 bits per heavy atom. The molecule has 0 heterocycles. The van der Waals surface area contributed by atoms with Gasteiger partial charge < -0.3 is 9.57 Å². The number of benzene rings is 2. The Labute approximate surface area is 142 Å². The molecule has 0 radical (unpaired) electrons. The molecule has 8 heteroatoms. The van der Waals surface area contributed by atoms with E-state index in [4.69, 9.17) is 4.74 Å². The van der Waals surface area contributed by atoms with Crippen LogP contribution in [0.3, 0.4) is 0 Å². The quantitative estimate of drug-likeness (QED) is 0.344. The van der Waals surface area contributed by atoms with Crippen molar-refractivity contribution < 1.29 is 19.3 Å². The highest BCUT2D eigenvalue weighted by Crippen LogP contribution is 2.34. The molecule has 24 heavy (non-hydrogen) atoms. The molecule has 0 spiro atoms. The van der Waals surface area contributed by atoms with Gasteiger partial charge >= 0.3 is 5.97 Å². The summed E-state index contributed by atoms with van der Waals surface area (Å²) in [6.45, 7) is 0. The Bertz CT molecular complexity index is 792. The average molecular weight is 346 g/mol. The molecule has 0 saturated carbocycles. The van der Waals surface area contributed by atoms with Gasteiger partial charge in [-0.15, -0.1) is 0 Å². The molecule has 0 bridgehead atoms. The second-order valence-electron chi connectivity index (χ2n) is 4.49. The van der Waals surface area contributed by atoms with Crippen LogP contribution in [0.15, 0.2) is 57.4 Å². The number of nitro benzene ring substituents is 1. The van der Waals surface area contributed by atoms with Crippen LogP contribution in [0.25, 0.3) is 0 Å². The lowest BCUT2D eigenvalue weighted by atomic mass is 10.2. The van der Waals surface area contributed by atoms with Crippen LogP contribution in [0.4, 0.5) is 5.69 Å². The molecule has 0 atom stereocenters. The van der Waals surface area contributed by atoms with Crippen LogP contribution < -0.4 is 0 Å². The van der Waals surface area contributed by atoms with Crippen LogP contribution in [0.1, 0.15) is 15.9 Å². The third-order valence-corrected chi connectivity index (χ3v) is 4.18. The standard InChI is InChI=1S/C16H14N2O5S/c1-22-16(19)13-5-3-4-6-15(13)24-14-8-7-12(18(20)21)9-11(14)10-17-23-2/h3-10H,1-2H3/b17-10-. The van der Waals surface area contributed by atoms with Crippen molar-refractivity contribution in [3.05, 3.63) is 63.7 Å². The van der Waals surface area contributed by atoms with Crippen molar-refractivity contribution in [1.82, 2.24) is 0 Å². The molecule has 0 fully saturated rings. The number of non-ortho nitro benzene ring substituents is 1. The lowest BCUT2D eigenvalue weighted by Crippen LogP contribution is -2.03. The summed E-state index contributed by atoms with van der Waals surface area (Å²) in [5.74, 6) is -0.452. The summed E-state index contributed by atoms with van der Waals surface area (Å²) in [4.78, 5) is 28.3. The van der Waals surface area contributed by atoms with E-state index in [1.54, 1.807) is 30.3 Å². The highest BCUT2D eigenvalue weighted by Gasteiger charge is 2.15. The smallest absolute Gasteiger partial charge is 0.339 e. The summed E-state index contributed by atoms with van der Waals surface area (Å²) in [5, 5.41) is 14.6. The van der Waals surface area contributed by atoms with E-state index in [2.05, 4.69) is 9.99 Å². The van der Waals surface area contributed by atoms with E-state index < -0.39 is 10.9 Å². The summed E-state index contributed by atoms with van der Waals surface area (Å²) in [7, 11) is 2.69. The van der Waals surface area contributed by atoms with E-state index >= 15 is 0 Å². The number of ether oxygens (including phenoxy) is 1. The van der Waals surface area contributed by atoms with E-state index in [-0.39, 0.29) is 5.69 Å². The molecule has 0 aliphatic carbocycles. The van der Waals surface area contributed by atoms with Gasteiger partial charge in [-0.05, 0) is 18.2 Å². The number of carbonyl (C=O) groups is 1. The van der Waals surface area contributed by atoms with Gasteiger partial charge in [0.2, 0.25) is 0 Å². The molecular weight excluding hydrogens is 332 g/mol. The largest absolute Gasteiger partial charge is 0.465 e. The Morgan fingerprint density at radius 1 is 1.21 bits per heavy atom. The van der Waals surface area contributed by atoms with Gasteiger partial charge in [-0.2, -0.15) is 0 Å². The van der Waals surface area contributed by atoms with Gasteiger partial charge in [0.1, 0.15) is 7.11 Å². The van der Waals surface area contributed by atoms with Gasteiger partial charge in [-0.1, -0.05) is 29.1 Å². The third kappa shape index (κ3) is 4.11. The topological polar surface area (TPSA) is 91.0 Å². The normalized spacial score (nSPS) is 10.6. The van der Waals surface area contributed by atoms with E-state index in [1.807, 2.05) is 0 Å². The minimum atomic E-state index is -0.485. The number of nitrogens with zero attached hydrogens (tertiary/aromatic N) is 2. The lowest BCUT2D eigenvalue weighted by molar-refractivity contribution is -0.384.